The maximum atomic E-state index is 5.38. The van der Waals surface area contributed by atoms with Crippen molar-refractivity contribution >= 4 is 0 Å². The van der Waals surface area contributed by atoms with E-state index in [2.05, 4.69) is 12.2 Å². The Balaban J connectivity index is 1.57. The van der Waals surface area contributed by atoms with Crippen LogP contribution in [-0.4, -0.2) is 25.3 Å². The molecule has 0 radical (unpaired) electrons. The average molecular weight is 225 g/mol. The first-order valence-electron chi connectivity index (χ1n) is 7.18. The Morgan fingerprint density at radius 3 is 2.50 bits per heavy atom. The Labute approximate surface area is 100 Å². The van der Waals surface area contributed by atoms with Crippen LogP contribution in [0.3, 0.4) is 0 Å². The lowest BCUT2D eigenvalue weighted by atomic mass is 9.98. The second-order valence-corrected chi connectivity index (χ2v) is 5.68. The lowest BCUT2D eigenvalue weighted by Gasteiger charge is -2.27. The molecule has 0 bridgehead atoms. The summed E-state index contributed by atoms with van der Waals surface area (Å²) in [7, 11) is 0. The molecule has 1 N–H and O–H groups in total. The van der Waals surface area contributed by atoms with Gasteiger partial charge in [-0.3, -0.25) is 0 Å². The molecule has 16 heavy (non-hydrogen) atoms. The van der Waals surface area contributed by atoms with Crippen LogP contribution >= 0.6 is 0 Å². The van der Waals surface area contributed by atoms with Gasteiger partial charge in [-0.05, 0) is 38.5 Å². The summed E-state index contributed by atoms with van der Waals surface area (Å²) in [4.78, 5) is 0. The van der Waals surface area contributed by atoms with Gasteiger partial charge in [0.25, 0.3) is 0 Å². The molecule has 0 aromatic heterocycles. The van der Waals surface area contributed by atoms with E-state index < -0.39 is 0 Å². The van der Waals surface area contributed by atoms with Crippen LogP contribution in [-0.2, 0) is 4.74 Å². The third kappa shape index (κ3) is 4.06. The molecule has 1 aliphatic carbocycles. The summed E-state index contributed by atoms with van der Waals surface area (Å²) in [5.41, 5.74) is 0. The topological polar surface area (TPSA) is 21.3 Å². The minimum absolute atomic E-state index is 0.698. The van der Waals surface area contributed by atoms with Crippen molar-refractivity contribution in [3.8, 4) is 0 Å². The fourth-order valence-corrected chi connectivity index (χ4v) is 3.13. The molecule has 1 unspecified atom stereocenters. The van der Waals surface area contributed by atoms with Crippen LogP contribution in [0.15, 0.2) is 0 Å². The molecule has 1 atom stereocenters. The maximum absolute atomic E-state index is 5.38. The lowest BCUT2D eigenvalue weighted by Crippen LogP contribution is -2.40. The van der Waals surface area contributed by atoms with Gasteiger partial charge in [-0.1, -0.05) is 25.7 Å². The highest BCUT2D eigenvalue weighted by Gasteiger charge is 2.18. The van der Waals surface area contributed by atoms with E-state index in [-0.39, 0.29) is 0 Å². The molecule has 2 rings (SSSR count). The summed E-state index contributed by atoms with van der Waals surface area (Å²) >= 11 is 0. The van der Waals surface area contributed by atoms with Crippen molar-refractivity contribution in [1.29, 1.82) is 0 Å². The average Bonchev–Trinajstić information content (AvgIpc) is 2.81. The standard InChI is InChI=1S/C14H27NO/c1-12(6-7-13-4-2-3-5-13)15-14-8-10-16-11-9-14/h12-15H,2-11H2,1H3. The van der Waals surface area contributed by atoms with Gasteiger partial charge in [-0.25, -0.2) is 0 Å². The maximum Gasteiger partial charge on any atom is 0.0480 e. The van der Waals surface area contributed by atoms with Crippen LogP contribution in [0.1, 0.15) is 58.3 Å². The number of rotatable bonds is 5. The van der Waals surface area contributed by atoms with Gasteiger partial charge in [-0.2, -0.15) is 0 Å². The monoisotopic (exact) mass is 225 g/mol. The molecule has 0 aromatic rings. The Morgan fingerprint density at radius 2 is 1.81 bits per heavy atom. The van der Waals surface area contributed by atoms with Gasteiger partial charge in [0.2, 0.25) is 0 Å². The Kier molecular flexibility index (Phi) is 5.11. The number of nitrogens with one attached hydrogen (secondary N) is 1. The van der Waals surface area contributed by atoms with Crippen molar-refractivity contribution in [2.75, 3.05) is 13.2 Å². The van der Waals surface area contributed by atoms with E-state index in [1.54, 1.807) is 0 Å². The van der Waals surface area contributed by atoms with Crippen molar-refractivity contribution in [2.24, 2.45) is 5.92 Å². The van der Waals surface area contributed by atoms with E-state index in [1.165, 1.54) is 51.4 Å². The van der Waals surface area contributed by atoms with Crippen LogP contribution in [0.2, 0.25) is 0 Å². The fourth-order valence-electron chi connectivity index (χ4n) is 3.13. The largest absolute Gasteiger partial charge is 0.381 e. The Morgan fingerprint density at radius 1 is 1.12 bits per heavy atom. The lowest BCUT2D eigenvalue weighted by molar-refractivity contribution is 0.0749. The van der Waals surface area contributed by atoms with Crippen molar-refractivity contribution in [3.05, 3.63) is 0 Å². The summed E-state index contributed by atoms with van der Waals surface area (Å²) in [6.07, 6.45) is 11.1. The molecular weight excluding hydrogens is 198 g/mol. The number of hydrogen-bond donors (Lipinski definition) is 1. The van der Waals surface area contributed by atoms with E-state index >= 15 is 0 Å². The molecule has 0 amide bonds. The highest BCUT2D eigenvalue weighted by molar-refractivity contribution is 4.76. The summed E-state index contributed by atoms with van der Waals surface area (Å²) in [5.74, 6) is 1.04. The number of ether oxygens (including phenoxy) is 1. The predicted octanol–water partition coefficient (Wildman–Crippen LogP) is 3.11. The second kappa shape index (κ2) is 6.61. The molecule has 2 fully saturated rings. The minimum Gasteiger partial charge on any atom is -0.381 e. The van der Waals surface area contributed by atoms with E-state index in [0.29, 0.717) is 12.1 Å². The molecule has 1 heterocycles. The first-order chi connectivity index (χ1) is 7.84. The van der Waals surface area contributed by atoms with Crippen LogP contribution < -0.4 is 5.32 Å². The third-order valence-corrected chi connectivity index (χ3v) is 4.22. The van der Waals surface area contributed by atoms with E-state index in [0.717, 1.165) is 19.1 Å². The molecule has 2 nitrogen and oxygen atoms in total. The molecule has 94 valence electrons. The van der Waals surface area contributed by atoms with Crippen molar-refractivity contribution in [1.82, 2.24) is 5.32 Å². The number of hydrogen-bond acceptors (Lipinski definition) is 2. The van der Waals surface area contributed by atoms with E-state index in [4.69, 9.17) is 4.74 Å². The quantitative estimate of drug-likeness (QED) is 0.776. The van der Waals surface area contributed by atoms with Gasteiger partial charge >= 0.3 is 0 Å². The molecule has 1 saturated heterocycles. The zero-order valence-corrected chi connectivity index (χ0v) is 10.7. The fraction of sp³-hybridized carbons (Fsp3) is 1.00. The molecule has 1 aliphatic heterocycles. The molecular formula is C14H27NO. The highest BCUT2D eigenvalue weighted by atomic mass is 16.5. The van der Waals surface area contributed by atoms with Gasteiger partial charge in [0.1, 0.15) is 0 Å². The Bertz CT molecular complexity index is 183. The third-order valence-electron chi connectivity index (χ3n) is 4.22. The Hall–Kier alpha value is -0.0800. The van der Waals surface area contributed by atoms with Crippen molar-refractivity contribution in [3.63, 3.8) is 0 Å². The van der Waals surface area contributed by atoms with Crippen LogP contribution in [0.25, 0.3) is 0 Å². The van der Waals surface area contributed by atoms with Crippen LogP contribution in [0.4, 0.5) is 0 Å². The molecule has 2 aliphatic rings. The summed E-state index contributed by atoms with van der Waals surface area (Å²) < 4.78 is 5.38. The van der Waals surface area contributed by atoms with Crippen LogP contribution in [0, 0.1) is 5.92 Å². The smallest absolute Gasteiger partial charge is 0.0480 e. The summed E-state index contributed by atoms with van der Waals surface area (Å²) in [5, 5.41) is 3.76. The van der Waals surface area contributed by atoms with Gasteiger partial charge in [-0.15, -0.1) is 0 Å². The van der Waals surface area contributed by atoms with E-state index in [9.17, 15) is 0 Å². The zero-order valence-electron chi connectivity index (χ0n) is 10.7. The highest BCUT2D eigenvalue weighted by Crippen LogP contribution is 2.29. The molecule has 0 spiro atoms. The van der Waals surface area contributed by atoms with E-state index in [1.807, 2.05) is 0 Å². The van der Waals surface area contributed by atoms with Gasteiger partial charge in [0.05, 0.1) is 0 Å². The van der Waals surface area contributed by atoms with Gasteiger partial charge in [0.15, 0.2) is 0 Å². The minimum atomic E-state index is 0.698. The van der Waals surface area contributed by atoms with Crippen molar-refractivity contribution < 1.29 is 4.74 Å². The normalized spacial score (nSPS) is 26.1. The predicted molar refractivity (Wildman–Crippen MR) is 67.6 cm³/mol. The summed E-state index contributed by atoms with van der Waals surface area (Å²) in [6.45, 7) is 4.25. The SMILES string of the molecule is CC(CCC1CCCC1)NC1CCOCC1. The van der Waals surface area contributed by atoms with Crippen molar-refractivity contribution in [2.45, 2.75) is 70.4 Å². The first kappa shape index (κ1) is 12.4. The molecule has 1 saturated carbocycles. The second-order valence-electron chi connectivity index (χ2n) is 5.68. The molecule has 0 aromatic carbocycles. The van der Waals surface area contributed by atoms with Crippen LogP contribution in [0.5, 0.6) is 0 Å². The summed E-state index contributed by atoms with van der Waals surface area (Å²) in [6, 6.07) is 1.41. The first-order valence-corrected chi connectivity index (χ1v) is 7.18. The molecule has 2 heteroatoms. The van der Waals surface area contributed by atoms with Gasteiger partial charge in [0, 0.05) is 25.3 Å². The van der Waals surface area contributed by atoms with Gasteiger partial charge < -0.3 is 10.1 Å². The zero-order chi connectivity index (χ0) is 11.2.